The molecule has 2 unspecified atom stereocenters. The Morgan fingerprint density at radius 1 is 1.69 bits per heavy atom. The minimum Gasteiger partial charge on any atom is -0.288 e. The van der Waals surface area contributed by atoms with Crippen molar-refractivity contribution in [3.8, 4) is 0 Å². The summed E-state index contributed by atoms with van der Waals surface area (Å²) >= 11 is 5.48. The Morgan fingerprint density at radius 2 is 2.46 bits per heavy atom. The van der Waals surface area contributed by atoms with Crippen LogP contribution in [0.15, 0.2) is 0 Å². The molecule has 0 saturated carbocycles. The Morgan fingerprint density at radius 3 is 3.00 bits per heavy atom. The molecule has 0 bridgehead atoms. The van der Waals surface area contributed by atoms with Crippen molar-refractivity contribution < 1.29 is 0 Å². The van der Waals surface area contributed by atoms with E-state index in [-0.39, 0.29) is 0 Å². The SMILES string of the molecule is CC1(SSCC2CSC(=N)S2)CS1. The number of thioether (sulfide) groups is 3. The molecule has 13 heavy (non-hydrogen) atoms. The number of nitrogens with one attached hydrogen (secondary N) is 1. The van der Waals surface area contributed by atoms with E-state index in [9.17, 15) is 0 Å². The summed E-state index contributed by atoms with van der Waals surface area (Å²) in [5.74, 6) is 3.65. The van der Waals surface area contributed by atoms with Crippen LogP contribution in [0.4, 0.5) is 0 Å². The average Bonchev–Trinajstić information content (AvgIpc) is 2.65. The lowest BCUT2D eigenvalue weighted by atomic mass is 10.6. The molecule has 0 aliphatic carbocycles. The minimum absolute atomic E-state index is 0.522. The summed E-state index contributed by atoms with van der Waals surface area (Å²) in [5, 5.41) is 8.14. The third-order valence-electron chi connectivity index (χ3n) is 1.71. The molecular formula is C7H11NS5. The summed E-state index contributed by atoms with van der Waals surface area (Å²) in [6, 6.07) is 0. The molecule has 2 fully saturated rings. The average molecular weight is 270 g/mol. The molecule has 1 nitrogen and oxygen atoms in total. The van der Waals surface area contributed by atoms with E-state index in [4.69, 9.17) is 5.41 Å². The minimum atomic E-state index is 0.522. The van der Waals surface area contributed by atoms with Crippen LogP contribution in [0.5, 0.6) is 0 Å². The lowest BCUT2D eigenvalue weighted by Crippen LogP contribution is -2.04. The van der Waals surface area contributed by atoms with Crippen molar-refractivity contribution >= 4 is 61.2 Å². The van der Waals surface area contributed by atoms with Crippen LogP contribution in [0, 0.1) is 5.41 Å². The summed E-state index contributed by atoms with van der Waals surface area (Å²) in [4.78, 5) is 0. The van der Waals surface area contributed by atoms with Gasteiger partial charge < -0.3 is 0 Å². The van der Waals surface area contributed by atoms with Crippen molar-refractivity contribution in [2.45, 2.75) is 16.3 Å². The Labute approximate surface area is 99.6 Å². The van der Waals surface area contributed by atoms with Crippen LogP contribution >= 0.6 is 56.9 Å². The van der Waals surface area contributed by atoms with Crippen LogP contribution in [0.25, 0.3) is 0 Å². The van der Waals surface area contributed by atoms with Crippen LogP contribution in [0.2, 0.25) is 0 Å². The molecule has 0 aromatic heterocycles. The van der Waals surface area contributed by atoms with Gasteiger partial charge in [0.1, 0.15) is 4.38 Å². The second kappa shape index (κ2) is 4.51. The second-order valence-electron chi connectivity index (χ2n) is 3.13. The molecule has 2 saturated heterocycles. The maximum Gasteiger partial charge on any atom is 0.122 e. The summed E-state index contributed by atoms with van der Waals surface area (Å²) < 4.78 is 1.33. The smallest absolute Gasteiger partial charge is 0.122 e. The van der Waals surface area contributed by atoms with Crippen molar-refractivity contribution in [2.75, 3.05) is 17.3 Å². The standard InChI is InChI=1S/C7H11NS5/c1-7(4-10-7)13-11-3-5-2-9-6(8)12-5/h5,8H,2-4H2,1H3. The van der Waals surface area contributed by atoms with E-state index in [0.29, 0.717) is 9.33 Å². The van der Waals surface area contributed by atoms with E-state index >= 15 is 0 Å². The van der Waals surface area contributed by atoms with Crippen molar-refractivity contribution in [3.63, 3.8) is 0 Å². The zero-order chi connectivity index (χ0) is 9.31. The molecule has 74 valence electrons. The van der Waals surface area contributed by atoms with E-state index in [0.717, 1.165) is 10.1 Å². The van der Waals surface area contributed by atoms with Gasteiger partial charge in [-0.25, -0.2) is 0 Å². The van der Waals surface area contributed by atoms with Crippen LogP contribution in [0.3, 0.4) is 0 Å². The molecule has 0 amide bonds. The van der Waals surface area contributed by atoms with Crippen molar-refractivity contribution in [2.24, 2.45) is 0 Å². The van der Waals surface area contributed by atoms with E-state index in [1.165, 1.54) is 11.5 Å². The van der Waals surface area contributed by atoms with Crippen molar-refractivity contribution in [1.82, 2.24) is 0 Å². The third-order valence-corrected chi connectivity index (χ3v) is 9.74. The second-order valence-corrected chi connectivity index (χ2v) is 10.3. The summed E-state index contributed by atoms with van der Waals surface area (Å²) in [7, 11) is 4.01. The van der Waals surface area contributed by atoms with Gasteiger partial charge >= 0.3 is 0 Å². The molecule has 2 rings (SSSR count). The first-order chi connectivity index (χ1) is 6.18. The molecule has 0 spiro atoms. The Kier molecular flexibility index (Phi) is 3.79. The highest BCUT2D eigenvalue weighted by Gasteiger charge is 2.39. The van der Waals surface area contributed by atoms with E-state index < -0.39 is 0 Å². The molecule has 1 N–H and O–H groups in total. The molecule has 0 radical (unpaired) electrons. The van der Waals surface area contributed by atoms with Gasteiger partial charge in [0.2, 0.25) is 0 Å². The van der Waals surface area contributed by atoms with Gasteiger partial charge in [0, 0.05) is 22.5 Å². The first-order valence-corrected chi connectivity index (χ1v) is 9.17. The molecule has 2 aliphatic heterocycles. The quantitative estimate of drug-likeness (QED) is 0.620. The van der Waals surface area contributed by atoms with Gasteiger partial charge in [-0.2, -0.15) is 0 Å². The van der Waals surface area contributed by atoms with Crippen LogP contribution in [0.1, 0.15) is 6.92 Å². The highest BCUT2D eigenvalue weighted by atomic mass is 33.1. The maximum absolute atomic E-state index is 7.46. The molecular weight excluding hydrogens is 258 g/mol. The van der Waals surface area contributed by atoms with Crippen LogP contribution in [-0.2, 0) is 0 Å². The van der Waals surface area contributed by atoms with Gasteiger partial charge in [-0.1, -0.05) is 45.1 Å². The largest absolute Gasteiger partial charge is 0.288 e. The predicted molar refractivity (Wildman–Crippen MR) is 72.5 cm³/mol. The monoisotopic (exact) mass is 269 g/mol. The predicted octanol–water partition coefficient (Wildman–Crippen LogP) is 3.61. The molecule has 0 aromatic rings. The molecule has 2 heterocycles. The maximum atomic E-state index is 7.46. The van der Waals surface area contributed by atoms with Crippen LogP contribution < -0.4 is 0 Å². The third kappa shape index (κ3) is 3.48. The first-order valence-electron chi connectivity index (χ1n) is 4.00. The topological polar surface area (TPSA) is 23.9 Å². The van der Waals surface area contributed by atoms with Gasteiger partial charge in [-0.3, -0.25) is 5.41 Å². The summed E-state index contributed by atoms with van der Waals surface area (Å²) in [6.45, 7) is 2.31. The molecule has 2 aliphatic rings. The van der Waals surface area contributed by atoms with Crippen molar-refractivity contribution in [1.29, 1.82) is 5.41 Å². The number of rotatable bonds is 4. The van der Waals surface area contributed by atoms with Gasteiger partial charge in [-0.05, 0) is 6.92 Å². The fourth-order valence-electron chi connectivity index (χ4n) is 0.854. The van der Waals surface area contributed by atoms with Crippen LogP contribution in [-0.4, -0.2) is 31.0 Å². The van der Waals surface area contributed by atoms with Gasteiger partial charge in [0.05, 0.1) is 4.08 Å². The molecule has 2 atom stereocenters. The Hall–Kier alpha value is 1.42. The first kappa shape index (κ1) is 10.9. The lowest BCUT2D eigenvalue weighted by molar-refractivity contribution is 1.16. The lowest BCUT2D eigenvalue weighted by Gasteiger charge is -2.08. The molecule has 6 heteroatoms. The Bertz CT molecular complexity index is 215. The normalized spacial score (nSPS) is 38.2. The van der Waals surface area contributed by atoms with E-state index in [1.54, 1.807) is 23.5 Å². The number of hydrogen-bond acceptors (Lipinski definition) is 6. The summed E-state index contributed by atoms with van der Waals surface area (Å²) in [5.41, 5.74) is 0. The fraction of sp³-hybridized carbons (Fsp3) is 0.857. The van der Waals surface area contributed by atoms with E-state index in [2.05, 4.69) is 6.92 Å². The highest BCUT2D eigenvalue weighted by Crippen LogP contribution is 2.57. The fourth-order valence-corrected chi connectivity index (χ4v) is 7.95. The van der Waals surface area contributed by atoms with Gasteiger partial charge in [0.25, 0.3) is 0 Å². The molecule has 0 aromatic carbocycles. The zero-order valence-corrected chi connectivity index (χ0v) is 11.3. The highest BCUT2D eigenvalue weighted by molar-refractivity contribution is 8.79. The van der Waals surface area contributed by atoms with Crippen molar-refractivity contribution in [3.05, 3.63) is 0 Å². The Balaban J connectivity index is 1.60. The van der Waals surface area contributed by atoms with E-state index in [1.807, 2.05) is 33.3 Å². The van der Waals surface area contributed by atoms with Gasteiger partial charge in [0.15, 0.2) is 0 Å². The van der Waals surface area contributed by atoms with Gasteiger partial charge in [-0.15, -0.1) is 11.8 Å². The summed E-state index contributed by atoms with van der Waals surface area (Å²) in [6.07, 6.45) is 0. The zero-order valence-electron chi connectivity index (χ0n) is 7.24. The number of hydrogen-bond donors (Lipinski definition) is 1.